The molecular weight excluding hydrogens is 302 g/mol. The molecule has 2 aromatic rings. The Bertz CT molecular complexity index is 684. The molecule has 0 saturated carbocycles. The van der Waals surface area contributed by atoms with Crippen molar-refractivity contribution in [3.05, 3.63) is 60.2 Å². The first-order valence-corrected chi connectivity index (χ1v) is 7.95. The van der Waals surface area contributed by atoms with Gasteiger partial charge in [-0.25, -0.2) is 4.79 Å². The Hall–Kier alpha value is -2.66. The van der Waals surface area contributed by atoms with Crippen LogP contribution < -0.4 is 16.0 Å². The van der Waals surface area contributed by atoms with E-state index in [-0.39, 0.29) is 11.9 Å². The SMILES string of the molecule is CNC(=O)NC(=O)[C@@H](C)N[C@@H](C)c1ccc(-c2ccccc2)cc1. The average molecular weight is 325 g/mol. The lowest BCUT2D eigenvalue weighted by atomic mass is 10.0. The first-order valence-electron chi connectivity index (χ1n) is 7.95. The van der Waals surface area contributed by atoms with Gasteiger partial charge in [0, 0.05) is 13.1 Å². The average Bonchev–Trinajstić information content (AvgIpc) is 2.62. The van der Waals surface area contributed by atoms with Crippen molar-refractivity contribution in [3.63, 3.8) is 0 Å². The van der Waals surface area contributed by atoms with Crippen molar-refractivity contribution in [2.24, 2.45) is 0 Å². The molecular formula is C19H23N3O2. The van der Waals surface area contributed by atoms with Gasteiger partial charge < -0.3 is 5.32 Å². The molecule has 2 atom stereocenters. The van der Waals surface area contributed by atoms with E-state index >= 15 is 0 Å². The van der Waals surface area contributed by atoms with E-state index in [1.807, 2.05) is 37.3 Å². The number of hydrogen-bond acceptors (Lipinski definition) is 3. The highest BCUT2D eigenvalue weighted by Crippen LogP contribution is 2.21. The first kappa shape index (κ1) is 17.7. The smallest absolute Gasteiger partial charge is 0.321 e. The van der Waals surface area contributed by atoms with E-state index in [2.05, 4.69) is 40.2 Å². The summed E-state index contributed by atoms with van der Waals surface area (Å²) < 4.78 is 0. The highest BCUT2D eigenvalue weighted by atomic mass is 16.2. The van der Waals surface area contributed by atoms with Crippen LogP contribution in [0.1, 0.15) is 25.5 Å². The minimum atomic E-state index is -0.506. The second-order valence-electron chi connectivity index (χ2n) is 5.67. The van der Waals surface area contributed by atoms with Crippen LogP contribution in [0.25, 0.3) is 11.1 Å². The minimum Gasteiger partial charge on any atom is -0.341 e. The zero-order chi connectivity index (χ0) is 17.5. The lowest BCUT2D eigenvalue weighted by Crippen LogP contribution is -2.47. The third kappa shape index (κ3) is 4.67. The third-order valence-electron chi connectivity index (χ3n) is 3.87. The molecule has 0 aromatic heterocycles. The van der Waals surface area contributed by atoms with Crippen LogP contribution in [0.4, 0.5) is 4.79 Å². The van der Waals surface area contributed by atoms with Gasteiger partial charge in [0.05, 0.1) is 6.04 Å². The zero-order valence-electron chi connectivity index (χ0n) is 14.2. The largest absolute Gasteiger partial charge is 0.341 e. The summed E-state index contributed by atoms with van der Waals surface area (Å²) in [4.78, 5) is 23.1. The van der Waals surface area contributed by atoms with E-state index in [9.17, 15) is 9.59 Å². The molecule has 2 rings (SSSR count). The van der Waals surface area contributed by atoms with Gasteiger partial charge in [-0.1, -0.05) is 54.6 Å². The second-order valence-corrected chi connectivity index (χ2v) is 5.67. The minimum absolute atomic E-state index is 0.0136. The van der Waals surface area contributed by atoms with E-state index in [1.54, 1.807) is 6.92 Å². The third-order valence-corrected chi connectivity index (χ3v) is 3.87. The van der Waals surface area contributed by atoms with Crippen LogP contribution in [0.15, 0.2) is 54.6 Å². The molecule has 5 heteroatoms. The Kier molecular flexibility index (Phi) is 6.09. The molecule has 0 saturated heterocycles. The molecule has 3 amide bonds. The monoisotopic (exact) mass is 325 g/mol. The summed E-state index contributed by atoms with van der Waals surface area (Å²) in [5.41, 5.74) is 3.40. The van der Waals surface area contributed by atoms with Crippen molar-refractivity contribution >= 4 is 11.9 Å². The van der Waals surface area contributed by atoms with Crippen LogP contribution in [0, 0.1) is 0 Å². The highest BCUT2D eigenvalue weighted by molar-refractivity contribution is 5.96. The number of amides is 3. The molecule has 0 aliphatic heterocycles. The summed E-state index contributed by atoms with van der Waals surface area (Å²) in [6, 6.07) is 17.4. The Morgan fingerprint density at radius 2 is 1.46 bits per heavy atom. The number of carbonyl (C=O) groups is 2. The Morgan fingerprint density at radius 3 is 2.04 bits per heavy atom. The summed E-state index contributed by atoms with van der Waals surface area (Å²) in [7, 11) is 1.47. The predicted octanol–water partition coefficient (Wildman–Crippen LogP) is 2.85. The molecule has 0 heterocycles. The fourth-order valence-corrected chi connectivity index (χ4v) is 2.42. The van der Waals surface area contributed by atoms with E-state index < -0.39 is 12.1 Å². The zero-order valence-corrected chi connectivity index (χ0v) is 14.2. The van der Waals surface area contributed by atoms with Crippen LogP contribution >= 0.6 is 0 Å². The molecule has 0 bridgehead atoms. The number of urea groups is 1. The van der Waals surface area contributed by atoms with Gasteiger partial charge in [-0.15, -0.1) is 0 Å². The van der Waals surface area contributed by atoms with Crippen molar-refractivity contribution < 1.29 is 9.59 Å². The summed E-state index contributed by atoms with van der Waals surface area (Å²) in [6.07, 6.45) is 0. The normalized spacial score (nSPS) is 13.0. The molecule has 0 spiro atoms. The van der Waals surface area contributed by atoms with Gasteiger partial charge >= 0.3 is 6.03 Å². The van der Waals surface area contributed by atoms with Gasteiger partial charge in [-0.2, -0.15) is 0 Å². The number of hydrogen-bond donors (Lipinski definition) is 3. The Balaban J connectivity index is 1.98. The summed E-state index contributed by atoms with van der Waals surface area (Å²) in [6.45, 7) is 3.72. The topological polar surface area (TPSA) is 70.2 Å². The van der Waals surface area contributed by atoms with Crippen LogP contribution in [0.5, 0.6) is 0 Å². The lowest BCUT2D eigenvalue weighted by Gasteiger charge is -2.20. The van der Waals surface area contributed by atoms with Crippen LogP contribution in [-0.2, 0) is 4.79 Å². The molecule has 0 radical (unpaired) electrons. The lowest BCUT2D eigenvalue weighted by molar-refractivity contribution is -0.121. The number of imide groups is 1. The molecule has 0 aliphatic carbocycles. The molecule has 2 aromatic carbocycles. The molecule has 126 valence electrons. The van der Waals surface area contributed by atoms with Gasteiger partial charge in [-0.3, -0.25) is 15.4 Å². The standard InChI is InChI=1S/C19H23N3O2/c1-13(21-14(2)18(23)22-19(24)20-3)15-9-11-17(12-10-15)16-7-5-4-6-8-16/h4-14,21H,1-3H3,(H2,20,22,23,24)/t13-,14+/m0/s1. The maximum Gasteiger partial charge on any atom is 0.321 e. The Morgan fingerprint density at radius 1 is 0.875 bits per heavy atom. The molecule has 0 fully saturated rings. The second kappa shape index (κ2) is 8.26. The fourth-order valence-electron chi connectivity index (χ4n) is 2.42. The maximum atomic E-state index is 11.9. The van der Waals surface area contributed by atoms with E-state index in [4.69, 9.17) is 0 Å². The maximum absolute atomic E-state index is 11.9. The molecule has 0 unspecified atom stereocenters. The van der Waals surface area contributed by atoms with Crippen molar-refractivity contribution in [3.8, 4) is 11.1 Å². The summed E-state index contributed by atoms with van der Waals surface area (Å²) in [5, 5.41) is 7.82. The van der Waals surface area contributed by atoms with Gasteiger partial charge in [-0.05, 0) is 30.5 Å². The Labute approximate surface area is 142 Å². The molecule has 0 aliphatic rings. The quantitative estimate of drug-likeness (QED) is 0.792. The van der Waals surface area contributed by atoms with E-state index in [0.717, 1.165) is 11.1 Å². The van der Waals surface area contributed by atoms with E-state index in [1.165, 1.54) is 12.6 Å². The number of carbonyl (C=O) groups excluding carboxylic acids is 2. The molecule has 5 nitrogen and oxygen atoms in total. The summed E-state index contributed by atoms with van der Waals surface area (Å²) >= 11 is 0. The van der Waals surface area contributed by atoms with Crippen molar-refractivity contribution in [2.45, 2.75) is 25.9 Å². The van der Waals surface area contributed by atoms with Crippen LogP contribution in [0.3, 0.4) is 0 Å². The number of rotatable bonds is 5. The predicted molar refractivity (Wildman–Crippen MR) is 95.5 cm³/mol. The number of nitrogens with one attached hydrogen (secondary N) is 3. The fraction of sp³-hybridized carbons (Fsp3) is 0.263. The van der Waals surface area contributed by atoms with Gasteiger partial charge in [0.1, 0.15) is 0 Å². The summed E-state index contributed by atoms with van der Waals surface area (Å²) in [5.74, 6) is -0.359. The van der Waals surface area contributed by atoms with Crippen molar-refractivity contribution in [1.82, 2.24) is 16.0 Å². The van der Waals surface area contributed by atoms with Crippen LogP contribution in [-0.4, -0.2) is 25.0 Å². The molecule has 3 N–H and O–H groups in total. The number of benzene rings is 2. The van der Waals surface area contributed by atoms with Crippen molar-refractivity contribution in [1.29, 1.82) is 0 Å². The highest BCUT2D eigenvalue weighted by Gasteiger charge is 2.17. The van der Waals surface area contributed by atoms with Crippen LogP contribution in [0.2, 0.25) is 0 Å². The van der Waals surface area contributed by atoms with Gasteiger partial charge in [0.2, 0.25) is 5.91 Å². The first-order chi connectivity index (χ1) is 11.5. The van der Waals surface area contributed by atoms with Gasteiger partial charge in [0.25, 0.3) is 0 Å². The van der Waals surface area contributed by atoms with E-state index in [0.29, 0.717) is 0 Å². The molecule has 24 heavy (non-hydrogen) atoms. The van der Waals surface area contributed by atoms with Gasteiger partial charge in [0.15, 0.2) is 0 Å². The van der Waals surface area contributed by atoms with Crippen molar-refractivity contribution in [2.75, 3.05) is 7.05 Å².